The Labute approximate surface area is 122 Å². The lowest BCUT2D eigenvalue weighted by molar-refractivity contribution is -0.352. The van der Waals surface area contributed by atoms with Crippen molar-refractivity contribution >= 4 is 0 Å². The van der Waals surface area contributed by atoms with Gasteiger partial charge in [-0.05, 0) is 24.5 Å². The van der Waals surface area contributed by atoms with Crippen molar-refractivity contribution in [3.8, 4) is 0 Å². The highest BCUT2D eigenvalue weighted by Crippen LogP contribution is 2.52. The zero-order chi connectivity index (χ0) is 17.4. The molecule has 1 rings (SSSR count). The Balaban J connectivity index is 3.34. The molecule has 1 atom stereocenters. The van der Waals surface area contributed by atoms with Gasteiger partial charge in [0.05, 0.1) is 5.60 Å². The van der Waals surface area contributed by atoms with E-state index in [2.05, 4.69) is 0 Å². The van der Waals surface area contributed by atoms with Crippen molar-refractivity contribution in [2.75, 3.05) is 0 Å². The van der Waals surface area contributed by atoms with E-state index in [4.69, 9.17) is 0 Å². The van der Waals surface area contributed by atoms with E-state index < -0.39 is 30.0 Å². The van der Waals surface area contributed by atoms with Crippen LogP contribution in [0.3, 0.4) is 0 Å². The highest BCUT2D eigenvalue weighted by Gasteiger charge is 2.73. The molecule has 0 amide bonds. The van der Waals surface area contributed by atoms with Crippen LogP contribution in [0.15, 0.2) is 24.3 Å². The van der Waals surface area contributed by atoms with Gasteiger partial charge in [-0.1, -0.05) is 31.2 Å². The minimum Gasteiger partial charge on any atom is -0.385 e. The second-order valence-electron chi connectivity index (χ2n) is 5.26. The van der Waals surface area contributed by atoms with Crippen molar-refractivity contribution in [1.29, 1.82) is 0 Å². The van der Waals surface area contributed by atoms with Gasteiger partial charge in [0, 0.05) is 6.42 Å². The summed E-state index contributed by atoms with van der Waals surface area (Å²) in [6.45, 7) is 2.36. The standard InChI is InChI=1S/C14H15F7O/c1-3-9-6-4-5-7-10(9)11(2,22)8-12(15,13(16,17)18)14(19,20)21/h4-7,22H,3,8H2,1-2H3. The van der Waals surface area contributed by atoms with E-state index in [9.17, 15) is 35.8 Å². The Kier molecular flexibility index (Phi) is 4.87. The predicted molar refractivity (Wildman–Crippen MR) is 66.0 cm³/mol. The molecule has 0 spiro atoms. The Morgan fingerprint density at radius 2 is 1.36 bits per heavy atom. The molecule has 1 aromatic rings. The van der Waals surface area contributed by atoms with Gasteiger partial charge < -0.3 is 5.11 Å². The second kappa shape index (κ2) is 5.72. The molecule has 126 valence electrons. The Hall–Kier alpha value is -1.31. The minimum atomic E-state index is -6.18. The summed E-state index contributed by atoms with van der Waals surface area (Å²) in [6, 6.07) is 5.51. The van der Waals surface area contributed by atoms with Gasteiger partial charge in [0.25, 0.3) is 0 Å². The monoisotopic (exact) mass is 332 g/mol. The lowest BCUT2D eigenvalue weighted by Crippen LogP contribution is -2.56. The van der Waals surface area contributed by atoms with E-state index in [-0.39, 0.29) is 12.0 Å². The van der Waals surface area contributed by atoms with Crippen LogP contribution >= 0.6 is 0 Å². The molecule has 8 heteroatoms. The third kappa shape index (κ3) is 3.37. The molecule has 0 saturated heterocycles. The van der Waals surface area contributed by atoms with Crippen LogP contribution in [-0.4, -0.2) is 23.1 Å². The first-order chi connectivity index (χ1) is 9.76. The van der Waals surface area contributed by atoms with Crippen LogP contribution in [0.1, 0.15) is 31.4 Å². The summed E-state index contributed by atoms with van der Waals surface area (Å²) >= 11 is 0. The number of aryl methyl sites for hydroxylation is 1. The maximum absolute atomic E-state index is 13.8. The quantitative estimate of drug-likeness (QED) is 0.794. The van der Waals surface area contributed by atoms with Crippen molar-refractivity contribution in [3.05, 3.63) is 35.4 Å². The number of rotatable bonds is 4. The summed E-state index contributed by atoms with van der Waals surface area (Å²) in [5, 5.41) is 10.1. The molecule has 1 nitrogen and oxygen atoms in total. The van der Waals surface area contributed by atoms with Crippen LogP contribution in [0.5, 0.6) is 0 Å². The van der Waals surface area contributed by atoms with E-state index in [1.807, 2.05) is 0 Å². The lowest BCUT2D eigenvalue weighted by atomic mass is 9.81. The Bertz CT molecular complexity index is 503. The Morgan fingerprint density at radius 1 is 0.909 bits per heavy atom. The van der Waals surface area contributed by atoms with E-state index >= 15 is 0 Å². The molecule has 1 unspecified atom stereocenters. The average molecular weight is 332 g/mol. The molecular formula is C14H15F7O. The first-order valence-electron chi connectivity index (χ1n) is 6.39. The van der Waals surface area contributed by atoms with E-state index in [1.165, 1.54) is 24.3 Å². The van der Waals surface area contributed by atoms with Gasteiger partial charge in [0.15, 0.2) is 0 Å². The smallest absolute Gasteiger partial charge is 0.385 e. The number of aliphatic hydroxyl groups is 1. The summed E-state index contributed by atoms with van der Waals surface area (Å²) in [7, 11) is 0. The molecule has 0 aromatic heterocycles. The first-order valence-corrected chi connectivity index (χ1v) is 6.39. The van der Waals surface area contributed by atoms with Gasteiger partial charge >= 0.3 is 18.0 Å². The van der Waals surface area contributed by atoms with Crippen LogP contribution < -0.4 is 0 Å². The zero-order valence-electron chi connectivity index (χ0n) is 11.8. The first kappa shape index (κ1) is 18.7. The van der Waals surface area contributed by atoms with Crippen LogP contribution in [0.4, 0.5) is 30.7 Å². The summed E-state index contributed by atoms with van der Waals surface area (Å²) in [4.78, 5) is 0. The highest BCUT2D eigenvalue weighted by atomic mass is 19.4. The topological polar surface area (TPSA) is 20.2 Å². The summed E-state index contributed by atoms with van der Waals surface area (Å²) in [5.74, 6) is 0. The fourth-order valence-electron chi connectivity index (χ4n) is 2.28. The van der Waals surface area contributed by atoms with Gasteiger partial charge in [-0.15, -0.1) is 0 Å². The molecule has 0 radical (unpaired) electrons. The van der Waals surface area contributed by atoms with Crippen LogP contribution in [-0.2, 0) is 12.0 Å². The number of hydrogen-bond acceptors (Lipinski definition) is 1. The van der Waals surface area contributed by atoms with E-state index in [1.54, 1.807) is 6.92 Å². The fourth-order valence-corrected chi connectivity index (χ4v) is 2.28. The molecule has 0 saturated carbocycles. The predicted octanol–water partition coefficient (Wildman–Crippen LogP) is 4.68. The SMILES string of the molecule is CCc1ccccc1C(C)(O)CC(F)(C(F)(F)F)C(F)(F)F. The normalized spacial score (nSPS) is 16.5. The van der Waals surface area contributed by atoms with Crippen LogP contribution in [0.2, 0.25) is 0 Å². The summed E-state index contributed by atoms with van der Waals surface area (Å²) in [5.41, 5.74) is -7.94. The number of alkyl halides is 7. The molecule has 0 aliphatic heterocycles. The van der Waals surface area contributed by atoms with Gasteiger partial charge in [0.2, 0.25) is 0 Å². The summed E-state index contributed by atoms with van der Waals surface area (Å²) < 4.78 is 89.5. The molecule has 1 N–H and O–H groups in total. The third-order valence-electron chi connectivity index (χ3n) is 3.46. The third-order valence-corrected chi connectivity index (χ3v) is 3.46. The summed E-state index contributed by atoms with van der Waals surface area (Å²) in [6.07, 6.45) is -14.3. The maximum Gasteiger partial charge on any atom is 0.431 e. The minimum absolute atomic E-state index is 0.159. The van der Waals surface area contributed by atoms with Crippen molar-refractivity contribution in [2.24, 2.45) is 0 Å². The van der Waals surface area contributed by atoms with Crippen molar-refractivity contribution in [2.45, 2.75) is 50.3 Å². The molecule has 0 bridgehead atoms. The maximum atomic E-state index is 13.8. The van der Waals surface area contributed by atoms with Crippen molar-refractivity contribution in [3.63, 3.8) is 0 Å². The zero-order valence-corrected chi connectivity index (χ0v) is 11.8. The van der Waals surface area contributed by atoms with Gasteiger partial charge in [-0.25, -0.2) is 4.39 Å². The molecule has 0 heterocycles. The van der Waals surface area contributed by atoms with E-state index in [0.717, 1.165) is 6.92 Å². The molecule has 22 heavy (non-hydrogen) atoms. The Morgan fingerprint density at radius 3 is 1.77 bits per heavy atom. The average Bonchev–Trinajstić information content (AvgIpc) is 2.35. The lowest BCUT2D eigenvalue weighted by Gasteiger charge is -2.36. The van der Waals surface area contributed by atoms with E-state index in [0.29, 0.717) is 5.56 Å². The number of halogens is 7. The molecular weight excluding hydrogens is 317 g/mol. The van der Waals surface area contributed by atoms with Crippen LogP contribution in [0, 0.1) is 0 Å². The molecule has 0 aliphatic carbocycles. The number of hydrogen-bond donors (Lipinski definition) is 1. The second-order valence-corrected chi connectivity index (χ2v) is 5.26. The molecule has 0 fully saturated rings. The van der Waals surface area contributed by atoms with Gasteiger partial charge in [0.1, 0.15) is 0 Å². The molecule has 1 aromatic carbocycles. The van der Waals surface area contributed by atoms with Crippen molar-refractivity contribution in [1.82, 2.24) is 0 Å². The fraction of sp³-hybridized carbons (Fsp3) is 0.571. The van der Waals surface area contributed by atoms with Crippen molar-refractivity contribution < 1.29 is 35.8 Å². The largest absolute Gasteiger partial charge is 0.431 e. The highest BCUT2D eigenvalue weighted by molar-refractivity contribution is 5.32. The van der Waals surface area contributed by atoms with Crippen LogP contribution in [0.25, 0.3) is 0 Å². The molecule has 0 aliphatic rings. The number of benzene rings is 1. The van der Waals surface area contributed by atoms with Gasteiger partial charge in [-0.3, -0.25) is 0 Å². The van der Waals surface area contributed by atoms with Gasteiger partial charge in [-0.2, -0.15) is 26.3 Å².